The summed E-state index contributed by atoms with van der Waals surface area (Å²) in [6.45, 7) is 1.82. The average molecular weight is 437 g/mol. The van der Waals surface area contributed by atoms with Crippen molar-refractivity contribution in [2.75, 3.05) is 12.4 Å². The normalized spacial score (nSPS) is 11.5. The van der Waals surface area contributed by atoms with Gasteiger partial charge in [-0.25, -0.2) is 9.37 Å². The fourth-order valence-electron chi connectivity index (χ4n) is 3.27. The molecule has 0 saturated carbocycles. The number of nitrogens with zero attached hydrogens (tertiary/aromatic N) is 1. The van der Waals surface area contributed by atoms with Gasteiger partial charge in [-0.3, -0.25) is 4.79 Å². The third-order valence-corrected chi connectivity index (χ3v) is 5.03. The van der Waals surface area contributed by atoms with Crippen LogP contribution in [0.15, 0.2) is 71.5 Å². The van der Waals surface area contributed by atoms with Crippen molar-refractivity contribution < 1.29 is 18.3 Å². The number of furan rings is 1. The number of anilines is 1. The quantitative estimate of drug-likeness (QED) is 0.371. The van der Waals surface area contributed by atoms with Gasteiger partial charge in [0.15, 0.2) is 0 Å². The Morgan fingerprint density at radius 3 is 2.65 bits per heavy atom. The number of amides is 1. The molecular formula is C24H18ClFN2O3. The number of ether oxygens (including phenoxy) is 1. The summed E-state index contributed by atoms with van der Waals surface area (Å²) in [6.07, 6.45) is 4.55. The summed E-state index contributed by atoms with van der Waals surface area (Å²) in [5.41, 5.74) is 3.70. The number of allylic oxidation sites excluding steroid dienone is 1. The molecule has 31 heavy (non-hydrogen) atoms. The minimum atomic E-state index is -0.333. The average Bonchev–Trinajstić information content (AvgIpc) is 3.17. The predicted octanol–water partition coefficient (Wildman–Crippen LogP) is 6.34. The monoisotopic (exact) mass is 436 g/mol. The molecule has 0 bridgehead atoms. The van der Waals surface area contributed by atoms with Crippen LogP contribution in [-0.4, -0.2) is 18.0 Å². The maximum atomic E-state index is 13.3. The number of methoxy groups -OCH3 is 1. The summed E-state index contributed by atoms with van der Waals surface area (Å²) in [7, 11) is 1.56. The van der Waals surface area contributed by atoms with Crippen molar-refractivity contribution in [3.8, 4) is 16.9 Å². The Hall–Kier alpha value is -3.64. The first-order valence-corrected chi connectivity index (χ1v) is 9.79. The molecule has 0 aliphatic rings. The first kappa shape index (κ1) is 20.6. The minimum Gasteiger partial charge on any atom is -0.496 e. The number of halogens is 2. The number of aromatic nitrogens is 1. The van der Waals surface area contributed by atoms with Crippen LogP contribution in [-0.2, 0) is 4.79 Å². The summed E-state index contributed by atoms with van der Waals surface area (Å²) in [5, 5.41) is 4.02. The van der Waals surface area contributed by atoms with E-state index >= 15 is 0 Å². The second-order valence-corrected chi connectivity index (χ2v) is 7.32. The molecule has 2 aromatic heterocycles. The highest BCUT2D eigenvalue weighted by molar-refractivity contribution is 6.30. The van der Waals surface area contributed by atoms with Crippen LogP contribution in [0.5, 0.6) is 5.75 Å². The van der Waals surface area contributed by atoms with E-state index in [0.29, 0.717) is 27.7 Å². The first-order valence-electron chi connectivity index (χ1n) is 9.41. The summed E-state index contributed by atoms with van der Waals surface area (Å²) in [5.74, 6) is 0.326. The Labute approximate surface area is 183 Å². The Morgan fingerprint density at radius 1 is 1.19 bits per heavy atom. The molecule has 156 valence electrons. The van der Waals surface area contributed by atoms with Crippen LogP contribution in [0.1, 0.15) is 12.5 Å². The molecular weight excluding hydrogens is 419 g/mol. The third kappa shape index (κ3) is 4.44. The van der Waals surface area contributed by atoms with E-state index in [9.17, 15) is 9.18 Å². The number of fused-ring (bicyclic) bond motifs is 1. The van der Waals surface area contributed by atoms with Crippen molar-refractivity contribution in [2.24, 2.45) is 0 Å². The highest BCUT2D eigenvalue weighted by Crippen LogP contribution is 2.37. The zero-order valence-electron chi connectivity index (χ0n) is 16.8. The minimum absolute atomic E-state index is 0.307. The van der Waals surface area contributed by atoms with Gasteiger partial charge in [0.2, 0.25) is 5.91 Å². The third-order valence-electron chi connectivity index (χ3n) is 4.80. The number of carbonyl (C=O) groups excluding carboxylic acids is 1. The van der Waals surface area contributed by atoms with Gasteiger partial charge in [0, 0.05) is 34.9 Å². The van der Waals surface area contributed by atoms with Crippen LogP contribution in [0, 0.1) is 5.82 Å². The predicted molar refractivity (Wildman–Crippen MR) is 120 cm³/mol. The van der Waals surface area contributed by atoms with Gasteiger partial charge in [-0.05, 0) is 48.4 Å². The highest BCUT2D eigenvalue weighted by atomic mass is 35.5. The van der Waals surface area contributed by atoms with Gasteiger partial charge in [0.1, 0.15) is 23.0 Å². The smallest absolute Gasteiger partial charge is 0.249 e. The van der Waals surface area contributed by atoms with Crippen molar-refractivity contribution in [3.63, 3.8) is 0 Å². The molecule has 4 aromatic rings. The van der Waals surface area contributed by atoms with Crippen LogP contribution in [0.3, 0.4) is 0 Å². The van der Waals surface area contributed by atoms with Gasteiger partial charge in [-0.2, -0.15) is 0 Å². The van der Waals surface area contributed by atoms with Crippen molar-refractivity contribution >= 4 is 39.9 Å². The van der Waals surface area contributed by atoms with Crippen molar-refractivity contribution in [2.45, 2.75) is 6.92 Å². The molecule has 0 spiro atoms. The van der Waals surface area contributed by atoms with E-state index in [0.717, 1.165) is 22.1 Å². The van der Waals surface area contributed by atoms with E-state index in [-0.39, 0.29) is 11.7 Å². The maximum Gasteiger partial charge on any atom is 0.249 e. The van der Waals surface area contributed by atoms with Gasteiger partial charge in [-0.1, -0.05) is 23.7 Å². The topological polar surface area (TPSA) is 64.4 Å². The Balaban J connectivity index is 1.70. The van der Waals surface area contributed by atoms with Crippen LogP contribution in [0.25, 0.3) is 27.7 Å². The van der Waals surface area contributed by atoms with Crippen LogP contribution in [0.4, 0.5) is 10.2 Å². The van der Waals surface area contributed by atoms with Crippen LogP contribution < -0.4 is 10.1 Å². The molecule has 0 aliphatic heterocycles. The Bertz CT molecular complexity index is 1280. The molecule has 0 radical (unpaired) electrons. The number of pyridine rings is 1. The molecule has 0 saturated heterocycles. The van der Waals surface area contributed by atoms with Crippen molar-refractivity contribution in [1.29, 1.82) is 0 Å². The second kappa shape index (κ2) is 8.62. The van der Waals surface area contributed by atoms with E-state index in [1.54, 1.807) is 43.7 Å². The van der Waals surface area contributed by atoms with Crippen LogP contribution >= 0.6 is 11.6 Å². The van der Waals surface area contributed by atoms with Gasteiger partial charge in [-0.15, -0.1) is 0 Å². The largest absolute Gasteiger partial charge is 0.496 e. The number of hydrogen-bond acceptors (Lipinski definition) is 4. The van der Waals surface area contributed by atoms with Gasteiger partial charge < -0.3 is 14.5 Å². The molecule has 2 aromatic carbocycles. The number of benzene rings is 2. The number of nitrogens with one attached hydrogen (secondary N) is 1. The second-order valence-electron chi connectivity index (χ2n) is 6.88. The highest BCUT2D eigenvalue weighted by Gasteiger charge is 2.15. The molecule has 1 amide bonds. The van der Waals surface area contributed by atoms with E-state index in [1.807, 2.05) is 13.0 Å². The van der Waals surface area contributed by atoms with E-state index < -0.39 is 0 Å². The van der Waals surface area contributed by atoms with E-state index in [4.69, 9.17) is 20.8 Å². The van der Waals surface area contributed by atoms with Crippen molar-refractivity contribution in [1.82, 2.24) is 4.98 Å². The first-order chi connectivity index (χ1) is 14.9. The summed E-state index contributed by atoms with van der Waals surface area (Å²) in [4.78, 5) is 16.5. The van der Waals surface area contributed by atoms with E-state index in [1.165, 1.54) is 24.4 Å². The fourth-order valence-corrected chi connectivity index (χ4v) is 3.38. The maximum absolute atomic E-state index is 13.3. The summed E-state index contributed by atoms with van der Waals surface area (Å²) < 4.78 is 24.5. The lowest BCUT2D eigenvalue weighted by Gasteiger charge is -2.10. The molecule has 0 aliphatic carbocycles. The standard InChI is InChI=1S/C24H18ClFN2O3/c1-14(9-24(29)28-23-8-5-16(25)12-27-23)18-10-19-20(15-3-6-17(26)7-4-15)13-31-22(19)11-21(18)30-2/h3-13H,1-2H3,(H,27,28,29)/b14-9+. The zero-order valence-corrected chi connectivity index (χ0v) is 17.5. The number of hydrogen-bond donors (Lipinski definition) is 1. The molecule has 5 nitrogen and oxygen atoms in total. The molecule has 4 rings (SSSR count). The van der Waals surface area contributed by atoms with Gasteiger partial charge in [0.05, 0.1) is 18.4 Å². The van der Waals surface area contributed by atoms with Crippen LogP contribution in [0.2, 0.25) is 5.02 Å². The molecule has 1 N–H and O–H groups in total. The molecule has 0 unspecified atom stereocenters. The summed E-state index contributed by atoms with van der Waals surface area (Å²) >= 11 is 5.82. The van der Waals surface area contributed by atoms with Gasteiger partial charge >= 0.3 is 0 Å². The molecule has 0 atom stereocenters. The molecule has 7 heteroatoms. The molecule has 0 fully saturated rings. The number of rotatable bonds is 5. The molecule has 2 heterocycles. The van der Waals surface area contributed by atoms with Crippen molar-refractivity contribution in [3.05, 3.63) is 83.5 Å². The zero-order chi connectivity index (χ0) is 22.0. The SMILES string of the molecule is COc1cc2occ(-c3ccc(F)cc3)c2cc1/C(C)=C/C(=O)Nc1ccc(Cl)cn1. The fraction of sp³-hybridized carbons (Fsp3) is 0.0833. The number of carbonyl (C=O) groups is 1. The Morgan fingerprint density at radius 2 is 1.97 bits per heavy atom. The summed E-state index contributed by atoms with van der Waals surface area (Å²) in [6, 6.07) is 13.1. The Kier molecular flexibility index (Phi) is 5.73. The van der Waals surface area contributed by atoms with E-state index in [2.05, 4.69) is 10.3 Å². The lowest BCUT2D eigenvalue weighted by Crippen LogP contribution is -2.09. The lowest BCUT2D eigenvalue weighted by atomic mass is 9.99. The van der Waals surface area contributed by atoms with Gasteiger partial charge in [0.25, 0.3) is 0 Å². The lowest BCUT2D eigenvalue weighted by molar-refractivity contribution is -0.111.